The summed E-state index contributed by atoms with van der Waals surface area (Å²) < 4.78 is 0. The second-order valence-corrected chi connectivity index (χ2v) is 6.88. The maximum atomic E-state index is 12.0. The first-order chi connectivity index (χ1) is 10.7. The molecular weight excluding hydrogens is 334 g/mol. The number of carbonyl (C=O) groups excluding carboxylic acids is 2. The molecule has 0 heterocycles. The van der Waals surface area contributed by atoms with Crippen molar-refractivity contribution in [2.45, 2.75) is 58.5 Å². The van der Waals surface area contributed by atoms with Crippen molar-refractivity contribution >= 4 is 17.8 Å². The molecule has 0 aromatic rings. The molecule has 1 aliphatic rings. The number of hydrogen-bond acceptors (Lipinski definition) is 3. The fraction of sp³-hybridized carbons (Fsp3) is 0.812. The van der Waals surface area contributed by atoms with Gasteiger partial charge in [0.15, 0.2) is 6.04 Å². The molecule has 0 spiro atoms. The van der Waals surface area contributed by atoms with E-state index >= 15 is 0 Å². The van der Waals surface area contributed by atoms with E-state index in [0.29, 0.717) is 12.5 Å². The van der Waals surface area contributed by atoms with Crippen molar-refractivity contribution in [1.29, 1.82) is 0 Å². The Morgan fingerprint density at radius 3 is 2.12 bits per heavy atom. The van der Waals surface area contributed by atoms with Gasteiger partial charge in [-0.1, -0.05) is 13.8 Å². The monoisotopic (exact) mass is 363 g/mol. The molecule has 0 radical (unpaired) electrons. The van der Waals surface area contributed by atoms with E-state index in [9.17, 15) is 14.4 Å². The van der Waals surface area contributed by atoms with E-state index in [-0.39, 0.29) is 42.1 Å². The lowest BCUT2D eigenvalue weighted by molar-refractivity contribution is -0.414. The summed E-state index contributed by atoms with van der Waals surface area (Å²) in [6.07, 6.45) is 3.19. The van der Waals surface area contributed by atoms with Crippen LogP contribution in [-0.4, -0.2) is 41.5 Å². The summed E-state index contributed by atoms with van der Waals surface area (Å²) >= 11 is 0. The quantitative estimate of drug-likeness (QED) is 0.379. The van der Waals surface area contributed by atoms with Gasteiger partial charge >= 0.3 is 5.97 Å². The van der Waals surface area contributed by atoms with Crippen LogP contribution in [-0.2, 0) is 14.4 Å². The molecule has 24 heavy (non-hydrogen) atoms. The lowest BCUT2D eigenvalue weighted by Crippen LogP contribution is -3.00. The summed E-state index contributed by atoms with van der Waals surface area (Å²) in [6.45, 7) is 6.03. The number of hydrogen-bond donors (Lipinski definition) is 4. The van der Waals surface area contributed by atoms with Gasteiger partial charge in [0.1, 0.15) is 6.04 Å². The van der Waals surface area contributed by atoms with Crippen LogP contribution in [0, 0.1) is 17.8 Å². The van der Waals surface area contributed by atoms with Crippen molar-refractivity contribution in [3.05, 3.63) is 0 Å². The molecule has 1 fully saturated rings. The lowest BCUT2D eigenvalue weighted by atomic mass is 9.81. The molecule has 140 valence electrons. The predicted octanol–water partition coefficient (Wildman–Crippen LogP) is -3.23. The van der Waals surface area contributed by atoms with Crippen molar-refractivity contribution in [1.82, 2.24) is 10.6 Å². The summed E-state index contributed by atoms with van der Waals surface area (Å²) in [5.74, 6) is -0.761. The minimum absolute atomic E-state index is 0. The van der Waals surface area contributed by atoms with Crippen molar-refractivity contribution in [3.63, 3.8) is 0 Å². The molecule has 0 unspecified atom stereocenters. The normalized spacial score (nSPS) is 22.9. The third-order valence-electron chi connectivity index (χ3n) is 4.65. The molecule has 8 heteroatoms. The standard InChI is InChI=1S/C16H29N3O4.ClH/c1-9(2)13(17)15(21)18-8-11-4-6-12(7-5-11)14(20)19-10(3)16(22)23;/h9-13H,4-8,17H2,1-3H3,(H,18,21)(H,19,20)(H,22,23);1H/t10-,11?,12?,13-;/m1./s1. The number of nitrogens with one attached hydrogen (secondary N) is 2. The van der Waals surface area contributed by atoms with E-state index in [1.54, 1.807) is 0 Å². The second kappa shape index (κ2) is 10.5. The number of carboxylic acid groups (broad SMARTS) is 1. The molecular formula is C16H30ClN3O4. The summed E-state index contributed by atoms with van der Waals surface area (Å²) in [5, 5.41) is 14.3. The van der Waals surface area contributed by atoms with Gasteiger partial charge < -0.3 is 33.9 Å². The van der Waals surface area contributed by atoms with Crippen LogP contribution in [0.1, 0.15) is 46.5 Å². The third-order valence-corrected chi connectivity index (χ3v) is 4.65. The first-order valence-electron chi connectivity index (χ1n) is 8.36. The number of quaternary nitrogens is 1. The number of rotatable bonds is 7. The molecule has 0 aromatic carbocycles. The van der Waals surface area contributed by atoms with E-state index < -0.39 is 12.0 Å². The smallest absolute Gasteiger partial charge is 0.325 e. The van der Waals surface area contributed by atoms with E-state index in [1.165, 1.54) is 6.92 Å². The Kier molecular flexibility index (Phi) is 9.92. The summed E-state index contributed by atoms with van der Waals surface area (Å²) in [6, 6.07) is -1.10. The van der Waals surface area contributed by atoms with Gasteiger partial charge in [-0.15, -0.1) is 0 Å². The highest BCUT2D eigenvalue weighted by Gasteiger charge is 2.29. The topological polar surface area (TPSA) is 123 Å². The van der Waals surface area contributed by atoms with Gasteiger partial charge in [0.2, 0.25) is 5.91 Å². The van der Waals surface area contributed by atoms with Gasteiger partial charge in [-0.2, -0.15) is 0 Å². The van der Waals surface area contributed by atoms with Crippen molar-refractivity contribution in [2.75, 3.05) is 6.54 Å². The van der Waals surface area contributed by atoms with Crippen LogP contribution in [0.25, 0.3) is 0 Å². The van der Waals surface area contributed by atoms with Crippen molar-refractivity contribution < 1.29 is 37.6 Å². The highest BCUT2D eigenvalue weighted by atomic mass is 35.5. The highest BCUT2D eigenvalue weighted by Crippen LogP contribution is 2.28. The molecule has 1 rings (SSSR count). The van der Waals surface area contributed by atoms with Crippen LogP contribution in [0.4, 0.5) is 0 Å². The fourth-order valence-corrected chi connectivity index (χ4v) is 2.70. The Labute approximate surface area is 149 Å². The molecule has 2 atom stereocenters. The number of carboxylic acids is 1. The van der Waals surface area contributed by atoms with Gasteiger partial charge in [-0.3, -0.25) is 14.4 Å². The van der Waals surface area contributed by atoms with E-state index in [1.807, 2.05) is 13.8 Å². The largest absolute Gasteiger partial charge is 1.00 e. The van der Waals surface area contributed by atoms with E-state index in [2.05, 4.69) is 16.4 Å². The Bertz CT molecular complexity index is 437. The van der Waals surface area contributed by atoms with E-state index in [0.717, 1.165) is 25.7 Å². The molecule has 6 N–H and O–H groups in total. The zero-order chi connectivity index (χ0) is 17.6. The average Bonchev–Trinajstić information content (AvgIpc) is 2.51. The Balaban J connectivity index is 0.00000529. The summed E-state index contributed by atoms with van der Waals surface area (Å²) in [5.41, 5.74) is 3.87. The van der Waals surface area contributed by atoms with E-state index in [4.69, 9.17) is 5.11 Å². The van der Waals surface area contributed by atoms with Crippen molar-refractivity contribution in [2.24, 2.45) is 17.8 Å². The number of halogens is 1. The maximum absolute atomic E-state index is 12.0. The molecule has 1 saturated carbocycles. The molecule has 0 aliphatic heterocycles. The zero-order valence-corrected chi connectivity index (χ0v) is 15.4. The lowest BCUT2D eigenvalue weighted by Gasteiger charge is -2.28. The Morgan fingerprint density at radius 1 is 1.12 bits per heavy atom. The molecule has 0 bridgehead atoms. The van der Waals surface area contributed by atoms with Crippen molar-refractivity contribution in [3.8, 4) is 0 Å². The van der Waals surface area contributed by atoms with Gasteiger partial charge in [0, 0.05) is 18.4 Å². The van der Waals surface area contributed by atoms with Crippen LogP contribution in [0.15, 0.2) is 0 Å². The van der Waals surface area contributed by atoms with Gasteiger partial charge in [-0.05, 0) is 38.5 Å². The van der Waals surface area contributed by atoms with Crippen LogP contribution in [0.2, 0.25) is 0 Å². The third kappa shape index (κ3) is 7.05. The maximum Gasteiger partial charge on any atom is 0.325 e. The molecule has 0 saturated heterocycles. The first kappa shape index (κ1) is 22.7. The summed E-state index contributed by atoms with van der Waals surface area (Å²) in [7, 11) is 0. The van der Waals surface area contributed by atoms with Gasteiger partial charge in [0.05, 0.1) is 0 Å². The molecule has 2 amide bonds. The van der Waals surface area contributed by atoms with Crippen LogP contribution < -0.4 is 28.8 Å². The SMILES string of the molecule is CC(C)[C@@H]([NH3+])C(=O)NCC1CCC(C(=O)N[C@H](C)C(=O)O)CC1.[Cl-]. The van der Waals surface area contributed by atoms with Gasteiger partial charge in [0.25, 0.3) is 5.91 Å². The van der Waals surface area contributed by atoms with Crippen LogP contribution in [0.5, 0.6) is 0 Å². The zero-order valence-electron chi connectivity index (χ0n) is 14.7. The molecule has 0 aromatic heterocycles. The Morgan fingerprint density at radius 2 is 1.67 bits per heavy atom. The van der Waals surface area contributed by atoms with Gasteiger partial charge in [-0.25, -0.2) is 0 Å². The Hall–Kier alpha value is -1.34. The number of amides is 2. The minimum Gasteiger partial charge on any atom is -1.00 e. The predicted molar refractivity (Wildman–Crippen MR) is 85.2 cm³/mol. The first-order valence-corrected chi connectivity index (χ1v) is 8.36. The molecule has 7 nitrogen and oxygen atoms in total. The van der Waals surface area contributed by atoms with Crippen LogP contribution >= 0.6 is 0 Å². The highest BCUT2D eigenvalue weighted by molar-refractivity contribution is 5.84. The average molecular weight is 364 g/mol. The van der Waals surface area contributed by atoms with Crippen LogP contribution in [0.3, 0.4) is 0 Å². The summed E-state index contributed by atoms with van der Waals surface area (Å²) in [4.78, 5) is 34.7. The number of carbonyl (C=O) groups is 3. The minimum atomic E-state index is -1.03. The molecule has 1 aliphatic carbocycles. The number of aliphatic carboxylic acids is 1. The second-order valence-electron chi connectivity index (χ2n) is 6.88. The fourth-order valence-electron chi connectivity index (χ4n) is 2.70.